The molecule has 0 radical (unpaired) electrons. The molecule has 1 aromatic carbocycles. The van der Waals surface area contributed by atoms with Crippen LogP contribution in [0.4, 0.5) is 0 Å². The summed E-state index contributed by atoms with van der Waals surface area (Å²) in [6.07, 6.45) is 1.79. The van der Waals surface area contributed by atoms with Gasteiger partial charge in [0.1, 0.15) is 0 Å². The van der Waals surface area contributed by atoms with E-state index in [-0.39, 0.29) is 6.54 Å². The first-order valence-corrected chi connectivity index (χ1v) is 5.88. The van der Waals surface area contributed by atoms with Crippen LogP contribution >= 0.6 is 11.6 Å². The molecule has 1 aromatic rings. The third kappa shape index (κ3) is 5.11. The average molecular weight is 284 g/mol. The van der Waals surface area contributed by atoms with E-state index < -0.39 is 18.0 Å². The van der Waals surface area contributed by atoms with E-state index in [1.165, 1.54) is 13.2 Å². The Balaban J connectivity index is 2.52. The number of carboxylic acid groups (broad SMARTS) is 1. The van der Waals surface area contributed by atoms with Crippen molar-refractivity contribution < 1.29 is 19.4 Å². The Labute approximate surface area is 115 Å². The lowest BCUT2D eigenvalue weighted by Gasteiger charge is -2.10. The fourth-order valence-electron chi connectivity index (χ4n) is 1.30. The zero-order valence-electron chi connectivity index (χ0n) is 10.3. The lowest BCUT2D eigenvalue weighted by Crippen LogP contribution is -2.37. The predicted molar refractivity (Wildman–Crippen MR) is 71.9 cm³/mol. The first kappa shape index (κ1) is 15.2. The third-order valence-corrected chi connectivity index (χ3v) is 2.69. The van der Waals surface area contributed by atoms with Gasteiger partial charge in [-0.1, -0.05) is 29.8 Å². The van der Waals surface area contributed by atoms with Crippen LogP contribution < -0.4 is 5.32 Å². The monoisotopic (exact) mass is 283 g/mol. The summed E-state index contributed by atoms with van der Waals surface area (Å²) in [5, 5.41) is 11.7. The Bertz CT molecular complexity index is 487. The largest absolute Gasteiger partial charge is 0.479 e. The van der Waals surface area contributed by atoms with E-state index in [0.717, 1.165) is 0 Å². The van der Waals surface area contributed by atoms with Gasteiger partial charge in [0.2, 0.25) is 5.91 Å². The van der Waals surface area contributed by atoms with Crippen LogP contribution in [0.5, 0.6) is 0 Å². The van der Waals surface area contributed by atoms with E-state index in [4.69, 9.17) is 16.7 Å². The minimum absolute atomic E-state index is 0.0997. The van der Waals surface area contributed by atoms with Crippen LogP contribution in [0, 0.1) is 0 Å². The Hall–Kier alpha value is -1.85. The van der Waals surface area contributed by atoms with Crippen molar-refractivity contribution in [3.8, 4) is 0 Å². The standard InChI is InChI=1S/C13H14ClNO4/c1-19-11(13(17)18)8-15-12(16)7-6-9-4-2-3-5-10(9)14/h2-7,11H,8H2,1H3,(H,15,16)(H,17,18)/b7-6+. The number of carbonyl (C=O) groups is 2. The highest BCUT2D eigenvalue weighted by Gasteiger charge is 2.16. The Kier molecular flexibility index (Phi) is 6.05. The van der Waals surface area contributed by atoms with Gasteiger partial charge in [-0.05, 0) is 17.7 Å². The minimum atomic E-state index is -1.13. The van der Waals surface area contributed by atoms with Crippen LogP contribution in [0.3, 0.4) is 0 Å². The second-order valence-corrected chi connectivity index (χ2v) is 4.07. The molecule has 1 amide bonds. The fraction of sp³-hybridized carbons (Fsp3) is 0.231. The molecule has 2 N–H and O–H groups in total. The maximum Gasteiger partial charge on any atom is 0.334 e. The summed E-state index contributed by atoms with van der Waals surface area (Å²) in [7, 11) is 1.27. The minimum Gasteiger partial charge on any atom is -0.479 e. The number of methoxy groups -OCH3 is 1. The topological polar surface area (TPSA) is 75.6 Å². The smallest absolute Gasteiger partial charge is 0.334 e. The van der Waals surface area contributed by atoms with Crippen molar-refractivity contribution in [3.05, 3.63) is 40.9 Å². The molecule has 102 valence electrons. The number of aliphatic carboxylic acids is 1. The second-order valence-electron chi connectivity index (χ2n) is 3.66. The highest BCUT2D eigenvalue weighted by Crippen LogP contribution is 2.15. The summed E-state index contributed by atoms with van der Waals surface area (Å²) >= 11 is 5.92. The summed E-state index contributed by atoms with van der Waals surface area (Å²) in [5.74, 6) is -1.54. The normalized spacial score (nSPS) is 12.3. The number of halogens is 1. The number of carbonyl (C=O) groups excluding carboxylic acids is 1. The third-order valence-electron chi connectivity index (χ3n) is 2.34. The highest BCUT2D eigenvalue weighted by molar-refractivity contribution is 6.32. The van der Waals surface area contributed by atoms with Crippen molar-refractivity contribution in [1.82, 2.24) is 5.32 Å². The summed E-state index contributed by atoms with van der Waals surface area (Å²) in [6, 6.07) is 7.07. The molecular weight excluding hydrogens is 270 g/mol. The predicted octanol–water partition coefficient (Wildman–Crippen LogP) is 1.57. The molecule has 0 bridgehead atoms. The van der Waals surface area contributed by atoms with Gasteiger partial charge in [-0.3, -0.25) is 4.79 Å². The Morgan fingerprint density at radius 2 is 2.16 bits per heavy atom. The van der Waals surface area contributed by atoms with Crippen molar-refractivity contribution in [2.45, 2.75) is 6.10 Å². The molecular formula is C13H14ClNO4. The van der Waals surface area contributed by atoms with Gasteiger partial charge in [0, 0.05) is 18.2 Å². The first-order chi connectivity index (χ1) is 9.04. The maximum absolute atomic E-state index is 11.5. The van der Waals surface area contributed by atoms with Gasteiger partial charge in [-0.15, -0.1) is 0 Å². The number of rotatable bonds is 6. The van der Waals surface area contributed by atoms with E-state index >= 15 is 0 Å². The van der Waals surface area contributed by atoms with Crippen LogP contribution in [-0.2, 0) is 14.3 Å². The Morgan fingerprint density at radius 1 is 1.47 bits per heavy atom. The molecule has 1 atom stereocenters. The van der Waals surface area contributed by atoms with Crippen LogP contribution in [0.25, 0.3) is 6.08 Å². The molecule has 1 unspecified atom stereocenters. The van der Waals surface area contributed by atoms with Crippen molar-refractivity contribution in [2.75, 3.05) is 13.7 Å². The van der Waals surface area contributed by atoms with Crippen LogP contribution in [-0.4, -0.2) is 36.7 Å². The number of nitrogens with one attached hydrogen (secondary N) is 1. The molecule has 0 heterocycles. The van der Waals surface area contributed by atoms with Gasteiger partial charge in [0.25, 0.3) is 0 Å². The average Bonchev–Trinajstić information content (AvgIpc) is 2.38. The lowest BCUT2D eigenvalue weighted by molar-refractivity contribution is -0.148. The van der Waals surface area contributed by atoms with E-state index in [1.54, 1.807) is 30.3 Å². The molecule has 0 aliphatic rings. The number of hydrogen-bond donors (Lipinski definition) is 2. The zero-order valence-corrected chi connectivity index (χ0v) is 11.1. The molecule has 0 fully saturated rings. The molecule has 19 heavy (non-hydrogen) atoms. The summed E-state index contributed by atoms with van der Waals surface area (Å²) < 4.78 is 4.68. The first-order valence-electron chi connectivity index (χ1n) is 5.50. The number of amides is 1. The maximum atomic E-state index is 11.5. The lowest BCUT2D eigenvalue weighted by atomic mass is 10.2. The van der Waals surface area contributed by atoms with Crippen LogP contribution in [0.15, 0.2) is 30.3 Å². The van der Waals surface area contributed by atoms with E-state index in [2.05, 4.69) is 10.1 Å². The summed E-state index contributed by atoms with van der Waals surface area (Å²) in [6.45, 7) is -0.0997. The number of ether oxygens (including phenoxy) is 1. The highest BCUT2D eigenvalue weighted by atomic mass is 35.5. The zero-order chi connectivity index (χ0) is 14.3. The molecule has 0 aromatic heterocycles. The van der Waals surface area contributed by atoms with E-state index in [1.807, 2.05) is 0 Å². The molecule has 0 aliphatic carbocycles. The van der Waals surface area contributed by atoms with Gasteiger partial charge >= 0.3 is 5.97 Å². The fourth-order valence-corrected chi connectivity index (χ4v) is 1.50. The molecule has 5 nitrogen and oxygen atoms in total. The van der Waals surface area contributed by atoms with Crippen molar-refractivity contribution in [2.24, 2.45) is 0 Å². The number of carboxylic acids is 1. The second kappa shape index (κ2) is 7.56. The van der Waals surface area contributed by atoms with Crippen molar-refractivity contribution in [3.63, 3.8) is 0 Å². The Morgan fingerprint density at radius 3 is 2.74 bits per heavy atom. The molecule has 1 rings (SSSR count). The summed E-state index contributed by atoms with van der Waals surface area (Å²) in [4.78, 5) is 22.1. The van der Waals surface area contributed by atoms with Gasteiger partial charge in [0.15, 0.2) is 6.10 Å². The van der Waals surface area contributed by atoms with Gasteiger partial charge in [0.05, 0.1) is 6.54 Å². The molecule has 0 saturated carbocycles. The van der Waals surface area contributed by atoms with Gasteiger partial charge in [-0.2, -0.15) is 0 Å². The van der Waals surface area contributed by atoms with Crippen LogP contribution in [0.1, 0.15) is 5.56 Å². The number of hydrogen-bond acceptors (Lipinski definition) is 3. The SMILES string of the molecule is COC(CNC(=O)/C=C/c1ccccc1Cl)C(=O)O. The summed E-state index contributed by atoms with van der Waals surface area (Å²) in [5.41, 5.74) is 0.709. The quantitative estimate of drug-likeness (QED) is 0.777. The molecule has 6 heteroatoms. The van der Waals surface area contributed by atoms with Gasteiger partial charge < -0.3 is 15.2 Å². The number of benzene rings is 1. The molecule has 0 spiro atoms. The molecule has 0 saturated heterocycles. The van der Waals surface area contributed by atoms with Crippen molar-refractivity contribution >= 4 is 29.6 Å². The molecule has 0 aliphatic heterocycles. The van der Waals surface area contributed by atoms with Crippen LogP contribution in [0.2, 0.25) is 5.02 Å². The van der Waals surface area contributed by atoms with Crippen molar-refractivity contribution in [1.29, 1.82) is 0 Å². The van der Waals surface area contributed by atoms with E-state index in [9.17, 15) is 9.59 Å². The van der Waals surface area contributed by atoms with E-state index in [0.29, 0.717) is 10.6 Å². The van der Waals surface area contributed by atoms with Gasteiger partial charge in [-0.25, -0.2) is 4.79 Å².